The summed E-state index contributed by atoms with van der Waals surface area (Å²) in [7, 11) is 0. The van der Waals surface area contributed by atoms with Crippen molar-refractivity contribution in [2.75, 3.05) is 13.2 Å². The molecule has 2 amide bonds. The van der Waals surface area contributed by atoms with Crippen LogP contribution in [0.4, 0.5) is 17.6 Å². The molecule has 2 aliphatic rings. The zero-order valence-corrected chi connectivity index (χ0v) is 31.2. The zero-order chi connectivity index (χ0) is 39.1. The summed E-state index contributed by atoms with van der Waals surface area (Å²) < 4.78 is 65.3. The molecule has 2 aliphatic heterocycles. The molecule has 1 aromatic carbocycles. The summed E-state index contributed by atoms with van der Waals surface area (Å²) in [5.74, 6) is -5.81. The van der Waals surface area contributed by atoms with Crippen LogP contribution >= 0.6 is 0 Å². The number of H-pyrrole nitrogens is 2. The number of carbonyl (C=O) groups excluding carboxylic acids is 2. The van der Waals surface area contributed by atoms with Crippen LogP contribution < -0.4 is 10.6 Å². The van der Waals surface area contributed by atoms with E-state index >= 15 is 0 Å². The molecule has 3 aromatic heterocycles. The first-order valence-electron chi connectivity index (χ1n) is 18.2. The highest BCUT2D eigenvalue weighted by atomic mass is 19.3. The van der Waals surface area contributed by atoms with Crippen molar-refractivity contribution in [1.29, 1.82) is 0 Å². The van der Waals surface area contributed by atoms with Gasteiger partial charge in [0.15, 0.2) is 0 Å². The molecule has 2 fully saturated rings. The first kappa shape index (κ1) is 39.1. The van der Waals surface area contributed by atoms with Crippen LogP contribution in [0.1, 0.15) is 91.0 Å². The van der Waals surface area contributed by atoms with Crippen molar-refractivity contribution in [1.82, 2.24) is 35.6 Å². The van der Waals surface area contributed by atoms with E-state index < -0.39 is 73.0 Å². The molecule has 4 atom stereocenters. The van der Waals surface area contributed by atoms with E-state index in [1.54, 1.807) is 18.6 Å². The molecule has 5 heterocycles. The summed E-state index contributed by atoms with van der Waals surface area (Å²) in [5, 5.41) is 5.91. The Kier molecular flexibility index (Phi) is 10.8. The van der Waals surface area contributed by atoms with E-state index in [2.05, 4.69) is 25.6 Å². The highest BCUT2D eigenvalue weighted by Crippen LogP contribution is 2.37. The number of aromatic nitrogens is 5. The first-order valence-corrected chi connectivity index (χ1v) is 18.2. The SMILES string of the molecule is CC(C)[C@H](NC(=O)[C@@]1(C)CCC(F)(F)CO1)c1nc(-c2ccc(-c3ccc(-c4c[nH]c([C@@H](NC(=O)[C@@]5(C)CCC(F)(F)CO5)C(C)C)n4)cn3)cc2)c[nH]1. The van der Waals surface area contributed by atoms with Crippen LogP contribution in [0.5, 0.6) is 0 Å². The number of carbonyl (C=O) groups is 2. The third-order valence-corrected chi connectivity index (χ3v) is 10.3. The van der Waals surface area contributed by atoms with Crippen molar-refractivity contribution < 1.29 is 36.6 Å². The Morgan fingerprint density at radius 2 is 1.06 bits per heavy atom. The molecular weight excluding hydrogens is 706 g/mol. The second-order valence-corrected chi connectivity index (χ2v) is 15.5. The number of hydrogen-bond donors (Lipinski definition) is 4. The van der Waals surface area contributed by atoms with Crippen LogP contribution in [-0.2, 0) is 19.1 Å². The standard InChI is InChI=1S/C39H47F4N7O4/c1-22(2)30(49-34(51)36(5)13-15-38(40,41)20-53-36)32-45-18-28(47-32)25-9-7-24(8-10-25)27-12-11-26(17-44-27)29-19-46-33(48-29)31(23(3)4)50-35(52)37(6)14-16-39(42,43)21-54-37/h7-12,17-19,22-23,30-31H,13-16,20-21H2,1-6H3,(H,45,47)(H,46,48)(H,49,51)(H,50,52)/t30-,31-,36+,37+/m0/s1. The Bertz CT molecular complexity index is 1780. The maximum Gasteiger partial charge on any atom is 0.271 e. The fourth-order valence-corrected chi connectivity index (χ4v) is 6.52. The van der Waals surface area contributed by atoms with Crippen LogP contribution in [-0.4, -0.2) is 73.0 Å². The van der Waals surface area contributed by atoms with Gasteiger partial charge in [0.25, 0.3) is 23.7 Å². The minimum atomic E-state index is -2.94. The highest BCUT2D eigenvalue weighted by molar-refractivity contribution is 5.86. The van der Waals surface area contributed by atoms with Crippen molar-refractivity contribution >= 4 is 11.8 Å². The first-order chi connectivity index (χ1) is 25.4. The van der Waals surface area contributed by atoms with Gasteiger partial charge in [0.05, 0.1) is 29.2 Å². The maximum absolute atomic E-state index is 13.7. The lowest BCUT2D eigenvalue weighted by Crippen LogP contribution is -2.53. The Morgan fingerprint density at radius 1 is 0.648 bits per heavy atom. The number of pyridine rings is 1. The van der Waals surface area contributed by atoms with Crippen molar-refractivity contribution in [2.24, 2.45) is 11.8 Å². The molecule has 0 radical (unpaired) electrons. The molecule has 6 rings (SSSR count). The largest absolute Gasteiger partial charge is 0.359 e. The van der Waals surface area contributed by atoms with Gasteiger partial charge in [-0.05, 0) is 50.7 Å². The fourth-order valence-electron chi connectivity index (χ4n) is 6.52. The molecule has 0 saturated carbocycles. The lowest BCUT2D eigenvalue weighted by Gasteiger charge is -2.37. The molecule has 290 valence electrons. The van der Waals surface area contributed by atoms with Crippen molar-refractivity contribution in [3.8, 4) is 33.8 Å². The van der Waals surface area contributed by atoms with Gasteiger partial charge in [-0.1, -0.05) is 52.0 Å². The molecular formula is C39H47F4N7O4. The van der Waals surface area contributed by atoms with Gasteiger partial charge >= 0.3 is 0 Å². The number of nitrogens with one attached hydrogen (secondary N) is 4. The van der Waals surface area contributed by atoms with Crippen LogP contribution in [0.25, 0.3) is 33.8 Å². The van der Waals surface area contributed by atoms with E-state index in [4.69, 9.17) is 19.4 Å². The molecule has 0 unspecified atom stereocenters. The Balaban J connectivity index is 1.09. The average Bonchev–Trinajstić information content (AvgIpc) is 3.83. The Morgan fingerprint density at radius 3 is 1.43 bits per heavy atom. The number of imidazole rings is 2. The van der Waals surface area contributed by atoms with Gasteiger partial charge in [0.2, 0.25) is 0 Å². The van der Waals surface area contributed by atoms with E-state index in [1.807, 2.05) is 64.1 Å². The summed E-state index contributed by atoms with van der Waals surface area (Å²) >= 11 is 0. The molecule has 0 aliphatic carbocycles. The second kappa shape index (κ2) is 14.9. The quantitative estimate of drug-likeness (QED) is 0.116. The number of nitrogens with zero attached hydrogens (tertiary/aromatic N) is 3. The summed E-state index contributed by atoms with van der Waals surface area (Å²) in [5.41, 5.74) is 1.82. The number of aromatic amines is 2. The molecule has 15 heteroatoms. The Labute approximate surface area is 311 Å². The summed E-state index contributed by atoms with van der Waals surface area (Å²) in [6.45, 7) is 9.24. The Hall–Kier alpha value is -4.63. The van der Waals surface area contributed by atoms with Crippen molar-refractivity contribution in [2.45, 2.75) is 102 Å². The number of halogens is 4. The summed E-state index contributed by atoms with van der Waals surface area (Å²) in [4.78, 5) is 46.8. The third kappa shape index (κ3) is 8.51. The topological polar surface area (TPSA) is 147 Å². The lowest BCUT2D eigenvalue weighted by atomic mass is 9.92. The molecule has 4 aromatic rings. The van der Waals surface area contributed by atoms with Crippen molar-refractivity contribution in [3.63, 3.8) is 0 Å². The molecule has 54 heavy (non-hydrogen) atoms. The van der Waals surface area contributed by atoms with Gasteiger partial charge in [-0.25, -0.2) is 27.5 Å². The number of alkyl halides is 4. The number of ether oxygens (including phenoxy) is 2. The summed E-state index contributed by atoms with van der Waals surface area (Å²) in [6, 6.07) is 10.5. The van der Waals surface area contributed by atoms with Crippen LogP contribution in [0.3, 0.4) is 0 Å². The molecule has 2 saturated heterocycles. The predicted octanol–water partition coefficient (Wildman–Crippen LogP) is 7.56. The van der Waals surface area contributed by atoms with E-state index in [0.29, 0.717) is 23.0 Å². The maximum atomic E-state index is 13.7. The minimum Gasteiger partial charge on any atom is -0.359 e. The van der Waals surface area contributed by atoms with E-state index in [0.717, 1.165) is 22.4 Å². The normalized spacial score (nSPS) is 23.6. The predicted molar refractivity (Wildman–Crippen MR) is 193 cm³/mol. The summed E-state index contributed by atoms with van der Waals surface area (Å²) in [6.07, 6.45) is 4.22. The lowest BCUT2D eigenvalue weighted by molar-refractivity contribution is -0.190. The van der Waals surface area contributed by atoms with Crippen LogP contribution in [0.2, 0.25) is 0 Å². The third-order valence-electron chi connectivity index (χ3n) is 10.3. The number of hydrogen-bond acceptors (Lipinski definition) is 7. The second-order valence-electron chi connectivity index (χ2n) is 15.5. The van der Waals surface area contributed by atoms with Crippen LogP contribution in [0.15, 0.2) is 55.0 Å². The van der Waals surface area contributed by atoms with E-state index in [-0.39, 0.29) is 24.7 Å². The number of rotatable bonds is 11. The van der Waals surface area contributed by atoms with Gasteiger partial charge in [-0.2, -0.15) is 0 Å². The monoisotopic (exact) mass is 753 g/mol. The highest BCUT2D eigenvalue weighted by Gasteiger charge is 2.48. The van der Waals surface area contributed by atoms with Gasteiger partial charge in [-0.3, -0.25) is 14.6 Å². The minimum absolute atomic E-state index is 0.0472. The molecule has 4 N–H and O–H groups in total. The van der Waals surface area contributed by atoms with Crippen LogP contribution in [0, 0.1) is 11.8 Å². The number of benzene rings is 1. The van der Waals surface area contributed by atoms with Gasteiger partial charge in [-0.15, -0.1) is 0 Å². The van der Waals surface area contributed by atoms with Gasteiger partial charge < -0.3 is 30.1 Å². The van der Waals surface area contributed by atoms with E-state index in [1.165, 1.54) is 13.8 Å². The number of amides is 2. The molecule has 11 nitrogen and oxygen atoms in total. The average molecular weight is 754 g/mol. The van der Waals surface area contributed by atoms with Gasteiger partial charge in [0.1, 0.15) is 36.1 Å². The van der Waals surface area contributed by atoms with Crippen molar-refractivity contribution in [3.05, 3.63) is 66.6 Å². The molecule has 0 spiro atoms. The van der Waals surface area contributed by atoms with E-state index in [9.17, 15) is 27.2 Å². The molecule has 0 bridgehead atoms. The van der Waals surface area contributed by atoms with Gasteiger partial charge in [0, 0.05) is 48.1 Å². The zero-order valence-electron chi connectivity index (χ0n) is 31.2. The fraction of sp³-hybridized carbons (Fsp3) is 0.513. The smallest absolute Gasteiger partial charge is 0.271 e.